The van der Waals surface area contributed by atoms with Crippen molar-refractivity contribution in [3.8, 4) is 11.5 Å². The van der Waals surface area contributed by atoms with Crippen LogP contribution in [0.15, 0.2) is 24.3 Å². The van der Waals surface area contributed by atoms with Crippen molar-refractivity contribution in [1.82, 2.24) is 10.2 Å². The molecule has 0 amide bonds. The van der Waals surface area contributed by atoms with Crippen LogP contribution in [0.1, 0.15) is 11.1 Å². The van der Waals surface area contributed by atoms with Crippen LogP contribution in [0.5, 0.6) is 11.5 Å². The molecule has 0 saturated carbocycles. The molecule has 2 aromatic rings. The molecule has 1 aromatic heterocycles. The Hall–Kier alpha value is -1.32. The zero-order valence-corrected chi connectivity index (χ0v) is 10.9. The topological polar surface area (TPSA) is 35.0 Å². The zero-order chi connectivity index (χ0) is 12.4. The van der Waals surface area contributed by atoms with Crippen molar-refractivity contribution in [1.29, 1.82) is 0 Å². The van der Waals surface area contributed by atoms with Crippen molar-refractivity contribution in [2.45, 2.75) is 13.8 Å². The smallest absolute Gasteiger partial charge is 0.194 e. The van der Waals surface area contributed by atoms with Gasteiger partial charge in [0.25, 0.3) is 0 Å². The standard InChI is InChI=1S/C12H10Cl2N2O/c1-7-3-4-9(8(2)5-7)17-10-6-11(13)15-16-12(10)14/h3-6H,1-2H3. The number of rotatable bonds is 2. The van der Waals surface area contributed by atoms with Gasteiger partial charge in [0.15, 0.2) is 16.1 Å². The maximum absolute atomic E-state index is 5.87. The molecule has 0 saturated heterocycles. The number of benzene rings is 1. The van der Waals surface area contributed by atoms with E-state index in [0.29, 0.717) is 5.75 Å². The summed E-state index contributed by atoms with van der Waals surface area (Å²) in [5, 5.41) is 7.74. The van der Waals surface area contributed by atoms with Gasteiger partial charge in [-0.1, -0.05) is 40.9 Å². The summed E-state index contributed by atoms with van der Waals surface area (Å²) in [6.07, 6.45) is 0. The molecule has 3 nitrogen and oxygen atoms in total. The van der Waals surface area contributed by atoms with Crippen molar-refractivity contribution in [3.63, 3.8) is 0 Å². The molecular weight excluding hydrogens is 259 g/mol. The Labute approximate surface area is 109 Å². The monoisotopic (exact) mass is 268 g/mol. The normalized spacial score (nSPS) is 10.4. The van der Waals surface area contributed by atoms with E-state index >= 15 is 0 Å². The fraction of sp³-hybridized carbons (Fsp3) is 0.167. The van der Waals surface area contributed by atoms with E-state index in [1.807, 2.05) is 32.0 Å². The molecule has 0 aliphatic carbocycles. The number of ether oxygens (including phenoxy) is 1. The summed E-state index contributed by atoms with van der Waals surface area (Å²) in [5.41, 5.74) is 2.20. The van der Waals surface area contributed by atoms with Crippen molar-refractivity contribution in [2.75, 3.05) is 0 Å². The van der Waals surface area contributed by atoms with Crippen LogP contribution in [0.3, 0.4) is 0 Å². The lowest BCUT2D eigenvalue weighted by molar-refractivity contribution is 0.475. The molecule has 17 heavy (non-hydrogen) atoms. The SMILES string of the molecule is Cc1ccc(Oc2cc(Cl)nnc2Cl)c(C)c1. The zero-order valence-electron chi connectivity index (χ0n) is 9.37. The predicted molar refractivity (Wildman–Crippen MR) is 68.0 cm³/mol. The van der Waals surface area contributed by atoms with Gasteiger partial charge in [0.05, 0.1) is 0 Å². The van der Waals surface area contributed by atoms with Crippen LogP contribution in [-0.4, -0.2) is 10.2 Å². The summed E-state index contributed by atoms with van der Waals surface area (Å²) in [6.45, 7) is 3.99. The fourth-order valence-corrected chi connectivity index (χ4v) is 1.71. The average Bonchev–Trinajstić information content (AvgIpc) is 2.27. The van der Waals surface area contributed by atoms with Crippen LogP contribution in [0.25, 0.3) is 0 Å². The summed E-state index contributed by atoms with van der Waals surface area (Å²) in [5.74, 6) is 1.13. The number of aromatic nitrogens is 2. The van der Waals surface area contributed by atoms with Crippen molar-refractivity contribution < 1.29 is 4.74 Å². The first-order valence-corrected chi connectivity index (χ1v) is 5.75. The Morgan fingerprint density at radius 1 is 1.00 bits per heavy atom. The first kappa shape index (κ1) is 12.1. The van der Waals surface area contributed by atoms with Gasteiger partial charge in [0.2, 0.25) is 0 Å². The van der Waals surface area contributed by atoms with Crippen LogP contribution in [0.4, 0.5) is 0 Å². The first-order chi connectivity index (χ1) is 8.06. The molecule has 0 N–H and O–H groups in total. The van der Waals surface area contributed by atoms with E-state index in [0.717, 1.165) is 11.3 Å². The Morgan fingerprint density at radius 3 is 2.47 bits per heavy atom. The van der Waals surface area contributed by atoms with Crippen LogP contribution in [0, 0.1) is 13.8 Å². The molecule has 5 heteroatoms. The minimum absolute atomic E-state index is 0.189. The Morgan fingerprint density at radius 2 is 1.76 bits per heavy atom. The van der Waals surface area contributed by atoms with Gasteiger partial charge in [-0.15, -0.1) is 10.2 Å². The summed E-state index contributed by atoms with van der Waals surface area (Å²) in [6, 6.07) is 7.41. The molecule has 0 fully saturated rings. The predicted octanol–water partition coefficient (Wildman–Crippen LogP) is 4.19. The summed E-state index contributed by atoms with van der Waals surface area (Å²) >= 11 is 11.6. The van der Waals surface area contributed by atoms with Crippen LogP contribution < -0.4 is 4.74 Å². The highest BCUT2D eigenvalue weighted by molar-refractivity contribution is 6.32. The van der Waals surface area contributed by atoms with Gasteiger partial charge in [-0.3, -0.25) is 0 Å². The van der Waals surface area contributed by atoms with Crippen LogP contribution in [-0.2, 0) is 0 Å². The van der Waals surface area contributed by atoms with E-state index in [9.17, 15) is 0 Å². The Kier molecular flexibility index (Phi) is 3.50. The second kappa shape index (κ2) is 4.90. The number of aryl methyl sites for hydroxylation is 2. The third kappa shape index (κ3) is 2.87. The molecular formula is C12H10Cl2N2O. The maximum atomic E-state index is 5.87. The number of halogens is 2. The van der Waals surface area contributed by atoms with Gasteiger partial charge in [-0.05, 0) is 25.5 Å². The lowest BCUT2D eigenvalue weighted by atomic mass is 10.1. The summed E-state index contributed by atoms with van der Waals surface area (Å²) < 4.78 is 5.66. The first-order valence-electron chi connectivity index (χ1n) is 5.00. The molecule has 0 bridgehead atoms. The molecule has 0 radical (unpaired) electrons. The van der Waals surface area contributed by atoms with E-state index in [1.165, 1.54) is 11.6 Å². The summed E-state index contributed by atoms with van der Waals surface area (Å²) in [4.78, 5) is 0. The molecule has 1 heterocycles. The molecule has 0 aliphatic rings. The average molecular weight is 269 g/mol. The van der Waals surface area contributed by atoms with Crippen molar-refractivity contribution >= 4 is 23.2 Å². The van der Waals surface area contributed by atoms with E-state index in [4.69, 9.17) is 27.9 Å². The molecule has 2 rings (SSSR count). The van der Waals surface area contributed by atoms with Gasteiger partial charge in [0.1, 0.15) is 5.75 Å². The van der Waals surface area contributed by atoms with Crippen molar-refractivity contribution in [3.05, 3.63) is 45.7 Å². The van der Waals surface area contributed by atoms with E-state index in [2.05, 4.69) is 10.2 Å². The molecule has 0 spiro atoms. The van der Waals surface area contributed by atoms with Gasteiger partial charge >= 0.3 is 0 Å². The van der Waals surface area contributed by atoms with E-state index in [-0.39, 0.29) is 10.3 Å². The molecule has 88 valence electrons. The second-order valence-electron chi connectivity index (χ2n) is 3.69. The quantitative estimate of drug-likeness (QED) is 0.819. The van der Waals surface area contributed by atoms with Gasteiger partial charge < -0.3 is 4.74 Å². The number of nitrogens with zero attached hydrogens (tertiary/aromatic N) is 2. The highest BCUT2D eigenvalue weighted by Gasteiger charge is 2.08. The fourth-order valence-electron chi connectivity index (χ4n) is 1.44. The van der Waals surface area contributed by atoms with Gasteiger partial charge in [0, 0.05) is 6.07 Å². The summed E-state index contributed by atoms with van der Waals surface area (Å²) in [7, 11) is 0. The number of hydrogen-bond acceptors (Lipinski definition) is 3. The Bertz CT molecular complexity index is 558. The minimum Gasteiger partial charge on any atom is -0.454 e. The maximum Gasteiger partial charge on any atom is 0.194 e. The molecule has 1 aromatic carbocycles. The molecule has 0 unspecified atom stereocenters. The second-order valence-corrected chi connectivity index (χ2v) is 4.44. The third-order valence-corrected chi connectivity index (χ3v) is 2.68. The van der Waals surface area contributed by atoms with E-state index in [1.54, 1.807) is 0 Å². The third-order valence-electron chi connectivity index (χ3n) is 2.24. The molecule has 0 atom stereocenters. The number of hydrogen-bond donors (Lipinski definition) is 0. The van der Waals surface area contributed by atoms with E-state index < -0.39 is 0 Å². The lowest BCUT2D eigenvalue weighted by Crippen LogP contribution is -1.92. The van der Waals surface area contributed by atoms with Gasteiger partial charge in [-0.25, -0.2) is 0 Å². The largest absolute Gasteiger partial charge is 0.454 e. The highest BCUT2D eigenvalue weighted by atomic mass is 35.5. The van der Waals surface area contributed by atoms with Crippen LogP contribution in [0.2, 0.25) is 10.3 Å². The Balaban J connectivity index is 2.34. The minimum atomic E-state index is 0.189. The molecule has 0 aliphatic heterocycles. The highest BCUT2D eigenvalue weighted by Crippen LogP contribution is 2.30. The van der Waals surface area contributed by atoms with Crippen LogP contribution >= 0.6 is 23.2 Å². The lowest BCUT2D eigenvalue weighted by Gasteiger charge is -2.09. The van der Waals surface area contributed by atoms with Gasteiger partial charge in [-0.2, -0.15) is 0 Å². The van der Waals surface area contributed by atoms with Crippen molar-refractivity contribution in [2.24, 2.45) is 0 Å².